The van der Waals surface area contributed by atoms with Gasteiger partial charge in [-0.2, -0.15) is 0 Å². The molecular formula is C15H24N2O. The zero-order valence-corrected chi connectivity index (χ0v) is 11.4. The molecule has 1 aliphatic rings. The van der Waals surface area contributed by atoms with Crippen LogP contribution in [0.4, 0.5) is 5.69 Å². The predicted octanol–water partition coefficient (Wildman–Crippen LogP) is 2.54. The van der Waals surface area contributed by atoms with Gasteiger partial charge in [0.25, 0.3) is 0 Å². The van der Waals surface area contributed by atoms with Crippen LogP contribution in [-0.2, 0) is 11.3 Å². The second kappa shape index (κ2) is 6.21. The quantitative estimate of drug-likeness (QED) is 0.890. The van der Waals surface area contributed by atoms with Gasteiger partial charge in [0.1, 0.15) is 0 Å². The molecule has 1 aromatic carbocycles. The van der Waals surface area contributed by atoms with Gasteiger partial charge >= 0.3 is 0 Å². The van der Waals surface area contributed by atoms with Crippen LogP contribution in [0.1, 0.15) is 32.3 Å². The summed E-state index contributed by atoms with van der Waals surface area (Å²) in [6.45, 7) is 6.89. The molecule has 18 heavy (non-hydrogen) atoms. The van der Waals surface area contributed by atoms with Crippen molar-refractivity contribution in [3.8, 4) is 0 Å². The minimum Gasteiger partial charge on any atom is -0.381 e. The van der Waals surface area contributed by atoms with Crippen molar-refractivity contribution in [2.24, 2.45) is 5.73 Å². The Balaban J connectivity index is 2.17. The van der Waals surface area contributed by atoms with Crippen LogP contribution in [0.25, 0.3) is 0 Å². The number of ether oxygens (including phenoxy) is 1. The van der Waals surface area contributed by atoms with E-state index in [0.717, 1.165) is 26.1 Å². The third-order valence-corrected chi connectivity index (χ3v) is 3.61. The summed E-state index contributed by atoms with van der Waals surface area (Å²) in [6, 6.07) is 9.75. The number of hydrogen-bond acceptors (Lipinski definition) is 3. The molecule has 0 aromatic heterocycles. The summed E-state index contributed by atoms with van der Waals surface area (Å²) in [7, 11) is 0. The van der Waals surface area contributed by atoms with E-state index in [1.807, 2.05) is 0 Å². The lowest BCUT2D eigenvalue weighted by atomic mass is 10.0. The molecule has 0 bridgehead atoms. The highest BCUT2D eigenvalue weighted by Crippen LogP contribution is 2.25. The first-order chi connectivity index (χ1) is 8.72. The molecule has 0 saturated carbocycles. The molecule has 1 aliphatic heterocycles. The van der Waals surface area contributed by atoms with E-state index in [0.29, 0.717) is 18.6 Å². The van der Waals surface area contributed by atoms with E-state index in [4.69, 9.17) is 10.5 Å². The van der Waals surface area contributed by atoms with Crippen LogP contribution >= 0.6 is 0 Å². The molecule has 0 atom stereocenters. The van der Waals surface area contributed by atoms with Crippen molar-refractivity contribution < 1.29 is 4.74 Å². The molecule has 0 unspecified atom stereocenters. The lowest BCUT2D eigenvalue weighted by Gasteiger charge is -2.39. The molecule has 0 amide bonds. The standard InChI is InChI=1S/C15H24N2O/c1-12(2)17(15-7-9-18-10-8-15)14-5-3-13(11-16)4-6-14/h3-6,12,15H,7-11,16H2,1-2H3. The maximum Gasteiger partial charge on any atom is 0.0485 e. The summed E-state index contributed by atoms with van der Waals surface area (Å²) in [5.41, 5.74) is 8.14. The Kier molecular flexibility index (Phi) is 4.61. The summed E-state index contributed by atoms with van der Waals surface area (Å²) >= 11 is 0. The molecule has 0 aliphatic carbocycles. The Morgan fingerprint density at radius 3 is 2.33 bits per heavy atom. The number of nitrogens with zero attached hydrogens (tertiary/aromatic N) is 1. The third kappa shape index (κ3) is 3.03. The molecule has 2 rings (SSSR count). The first-order valence-corrected chi connectivity index (χ1v) is 6.87. The highest BCUT2D eigenvalue weighted by molar-refractivity contribution is 5.49. The number of anilines is 1. The van der Waals surface area contributed by atoms with E-state index in [9.17, 15) is 0 Å². The molecule has 3 heteroatoms. The number of nitrogens with two attached hydrogens (primary N) is 1. The Morgan fingerprint density at radius 1 is 1.22 bits per heavy atom. The minimum atomic E-state index is 0.511. The average molecular weight is 248 g/mol. The van der Waals surface area contributed by atoms with Crippen molar-refractivity contribution in [3.63, 3.8) is 0 Å². The summed E-state index contributed by atoms with van der Waals surface area (Å²) < 4.78 is 5.46. The molecular weight excluding hydrogens is 224 g/mol. The topological polar surface area (TPSA) is 38.5 Å². The molecule has 1 heterocycles. The van der Waals surface area contributed by atoms with E-state index in [2.05, 4.69) is 43.0 Å². The fraction of sp³-hybridized carbons (Fsp3) is 0.600. The monoisotopic (exact) mass is 248 g/mol. The van der Waals surface area contributed by atoms with Crippen LogP contribution in [0, 0.1) is 0 Å². The second-order valence-electron chi connectivity index (χ2n) is 5.22. The van der Waals surface area contributed by atoms with Crippen molar-refractivity contribution in [1.29, 1.82) is 0 Å². The van der Waals surface area contributed by atoms with Gasteiger partial charge in [-0.15, -0.1) is 0 Å². The lowest BCUT2D eigenvalue weighted by Crippen LogP contribution is -2.43. The summed E-state index contributed by atoms with van der Waals surface area (Å²) in [6.07, 6.45) is 2.24. The average Bonchev–Trinajstić information content (AvgIpc) is 2.40. The first-order valence-electron chi connectivity index (χ1n) is 6.87. The molecule has 0 spiro atoms. The highest BCUT2D eigenvalue weighted by atomic mass is 16.5. The smallest absolute Gasteiger partial charge is 0.0485 e. The van der Waals surface area contributed by atoms with Gasteiger partial charge in [-0.05, 0) is 44.4 Å². The molecule has 2 N–H and O–H groups in total. The largest absolute Gasteiger partial charge is 0.381 e. The van der Waals surface area contributed by atoms with Crippen LogP contribution < -0.4 is 10.6 Å². The van der Waals surface area contributed by atoms with Crippen molar-refractivity contribution in [1.82, 2.24) is 0 Å². The zero-order chi connectivity index (χ0) is 13.0. The first kappa shape index (κ1) is 13.4. The van der Waals surface area contributed by atoms with E-state index in [1.165, 1.54) is 11.3 Å². The Hall–Kier alpha value is -1.06. The van der Waals surface area contributed by atoms with E-state index in [1.54, 1.807) is 0 Å². The summed E-state index contributed by atoms with van der Waals surface area (Å²) in [4.78, 5) is 2.52. The van der Waals surface area contributed by atoms with Gasteiger partial charge in [0.05, 0.1) is 0 Å². The van der Waals surface area contributed by atoms with Gasteiger partial charge in [-0.1, -0.05) is 12.1 Å². The second-order valence-corrected chi connectivity index (χ2v) is 5.22. The van der Waals surface area contributed by atoms with Crippen molar-refractivity contribution in [2.45, 2.75) is 45.3 Å². The van der Waals surface area contributed by atoms with Crippen molar-refractivity contribution in [3.05, 3.63) is 29.8 Å². The van der Waals surface area contributed by atoms with Gasteiger partial charge in [0.15, 0.2) is 0 Å². The summed E-state index contributed by atoms with van der Waals surface area (Å²) in [5, 5.41) is 0. The van der Waals surface area contributed by atoms with Crippen LogP contribution in [0.2, 0.25) is 0 Å². The van der Waals surface area contributed by atoms with Crippen molar-refractivity contribution in [2.75, 3.05) is 18.1 Å². The maximum atomic E-state index is 5.65. The lowest BCUT2D eigenvalue weighted by molar-refractivity contribution is 0.0832. The van der Waals surface area contributed by atoms with Gasteiger partial charge in [-0.25, -0.2) is 0 Å². The van der Waals surface area contributed by atoms with Crippen LogP contribution in [0.5, 0.6) is 0 Å². The predicted molar refractivity (Wildman–Crippen MR) is 75.8 cm³/mol. The Bertz CT molecular complexity index is 355. The molecule has 0 radical (unpaired) electrons. The minimum absolute atomic E-state index is 0.511. The Labute approximate surface area is 110 Å². The fourth-order valence-electron chi connectivity index (χ4n) is 2.70. The maximum absolute atomic E-state index is 5.65. The van der Waals surface area contributed by atoms with Crippen LogP contribution in [-0.4, -0.2) is 25.3 Å². The summed E-state index contributed by atoms with van der Waals surface area (Å²) in [5.74, 6) is 0. The fourth-order valence-corrected chi connectivity index (χ4v) is 2.70. The molecule has 1 saturated heterocycles. The van der Waals surface area contributed by atoms with Crippen molar-refractivity contribution >= 4 is 5.69 Å². The van der Waals surface area contributed by atoms with Gasteiger partial charge in [-0.3, -0.25) is 0 Å². The SMILES string of the molecule is CC(C)N(c1ccc(CN)cc1)C1CCOCC1. The third-order valence-electron chi connectivity index (χ3n) is 3.61. The number of benzene rings is 1. The number of rotatable bonds is 4. The normalized spacial score (nSPS) is 17.1. The zero-order valence-electron chi connectivity index (χ0n) is 11.4. The Morgan fingerprint density at radius 2 is 1.83 bits per heavy atom. The highest BCUT2D eigenvalue weighted by Gasteiger charge is 2.23. The van der Waals surface area contributed by atoms with Crippen LogP contribution in [0.3, 0.4) is 0 Å². The number of hydrogen-bond donors (Lipinski definition) is 1. The van der Waals surface area contributed by atoms with Gasteiger partial charge < -0.3 is 15.4 Å². The molecule has 100 valence electrons. The van der Waals surface area contributed by atoms with E-state index >= 15 is 0 Å². The van der Waals surface area contributed by atoms with Gasteiger partial charge in [0, 0.05) is 37.5 Å². The van der Waals surface area contributed by atoms with E-state index in [-0.39, 0.29) is 0 Å². The van der Waals surface area contributed by atoms with E-state index < -0.39 is 0 Å². The molecule has 1 aromatic rings. The van der Waals surface area contributed by atoms with Gasteiger partial charge in [0.2, 0.25) is 0 Å². The van der Waals surface area contributed by atoms with Crippen LogP contribution in [0.15, 0.2) is 24.3 Å². The molecule has 3 nitrogen and oxygen atoms in total. The molecule has 1 fully saturated rings.